The Hall–Kier alpha value is -2.62. The van der Waals surface area contributed by atoms with Gasteiger partial charge in [-0.05, 0) is 31.0 Å². The summed E-state index contributed by atoms with van der Waals surface area (Å²) >= 11 is 0. The van der Waals surface area contributed by atoms with Crippen LogP contribution in [0, 0.1) is 0 Å². The van der Waals surface area contributed by atoms with E-state index in [1.807, 2.05) is 60.4 Å². The molecule has 102 valence electrons. The lowest BCUT2D eigenvalue weighted by Gasteiger charge is -2.00. The van der Waals surface area contributed by atoms with Crippen LogP contribution >= 0.6 is 0 Å². The monoisotopic (exact) mass is 267 g/mol. The SMILES string of the molecule is C=Nc1ccccc1OC.Cn1cnc2ccccc21. The number of nitrogens with zero attached hydrogens (tertiary/aromatic N) is 3. The number of aliphatic imine (C=N–C) groups is 1. The molecule has 0 saturated heterocycles. The van der Waals surface area contributed by atoms with Crippen molar-refractivity contribution in [3.63, 3.8) is 0 Å². The Bertz CT molecular complexity index is 704. The highest BCUT2D eigenvalue weighted by Gasteiger charge is 1.95. The van der Waals surface area contributed by atoms with Crippen LogP contribution < -0.4 is 4.74 Å². The van der Waals surface area contributed by atoms with Gasteiger partial charge in [0.2, 0.25) is 0 Å². The number of para-hydroxylation sites is 4. The van der Waals surface area contributed by atoms with Crippen LogP contribution in [0.2, 0.25) is 0 Å². The van der Waals surface area contributed by atoms with Crippen molar-refractivity contribution < 1.29 is 4.74 Å². The maximum atomic E-state index is 5.00. The third-order valence-electron chi connectivity index (χ3n) is 2.89. The van der Waals surface area contributed by atoms with Crippen molar-refractivity contribution in [1.29, 1.82) is 0 Å². The lowest BCUT2D eigenvalue weighted by molar-refractivity contribution is 0.416. The maximum absolute atomic E-state index is 5.00. The Morgan fingerprint density at radius 3 is 2.45 bits per heavy atom. The highest BCUT2D eigenvalue weighted by molar-refractivity contribution is 5.74. The predicted octanol–water partition coefficient (Wildman–Crippen LogP) is 3.60. The number of aromatic nitrogens is 2. The number of hydrogen-bond acceptors (Lipinski definition) is 3. The summed E-state index contributed by atoms with van der Waals surface area (Å²) in [5.74, 6) is 0.762. The molecular weight excluding hydrogens is 250 g/mol. The summed E-state index contributed by atoms with van der Waals surface area (Å²) < 4.78 is 7.01. The van der Waals surface area contributed by atoms with E-state index in [2.05, 4.69) is 22.8 Å². The number of imidazole rings is 1. The predicted molar refractivity (Wildman–Crippen MR) is 82.9 cm³/mol. The number of benzene rings is 2. The Morgan fingerprint density at radius 2 is 1.80 bits per heavy atom. The van der Waals surface area contributed by atoms with Gasteiger partial charge >= 0.3 is 0 Å². The lowest BCUT2D eigenvalue weighted by atomic mass is 10.3. The van der Waals surface area contributed by atoms with E-state index in [0.717, 1.165) is 17.0 Å². The minimum Gasteiger partial charge on any atom is -0.494 e. The van der Waals surface area contributed by atoms with Crippen molar-refractivity contribution >= 4 is 23.4 Å². The highest BCUT2D eigenvalue weighted by atomic mass is 16.5. The van der Waals surface area contributed by atoms with Gasteiger partial charge in [-0.2, -0.15) is 0 Å². The van der Waals surface area contributed by atoms with Gasteiger partial charge in [0.1, 0.15) is 11.4 Å². The van der Waals surface area contributed by atoms with Crippen LogP contribution in [0.5, 0.6) is 5.75 Å². The first-order chi connectivity index (χ1) is 9.76. The zero-order valence-corrected chi connectivity index (χ0v) is 11.7. The number of methoxy groups -OCH3 is 1. The van der Waals surface area contributed by atoms with Crippen LogP contribution in [0.1, 0.15) is 0 Å². The van der Waals surface area contributed by atoms with Crippen molar-refractivity contribution in [2.75, 3.05) is 7.11 Å². The van der Waals surface area contributed by atoms with E-state index in [0.29, 0.717) is 0 Å². The van der Waals surface area contributed by atoms with Crippen molar-refractivity contribution in [3.8, 4) is 5.75 Å². The summed E-state index contributed by atoms with van der Waals surface area (Å²) in [4.78, 5) is 7.95. The number of aryl methyl sites for hydroxylation is 1. The van der Waals surface area contributed by atoms with Crippen LogP contribution in [-0.4, -0.2) is 23.4 Å². The van der Waals surface area contributed by atoms with Crippen molar-refractivity contribution in [2.24, 2.45) is 12.0 Å². The second-order valence-electron chi connectivity index (χ2n) is 4.17. The van der Waals surface area contributed by atoms with Crippen molar-refractivity contribution in [3.05, 3.63) is 54.9 Å². The standard InChI is InChI=1S/C8H8N2.C8H9NO/c1-10-6-9-7-4-2-3-5-8(7)10;1-9-7-5-3-4-6-8(7)10-2/h2-6H,1H3;3-6H,1H2,2H3. The molecule has 2 aromatic carbocycles. The molecule has 1 aromatic heterocycles. The van der Waals surface area contributed by atoms with Gasteiger partial charge in [0.05, 0.1) is 24.5 Å². The van der Waals surface area contributed by atoms with E-state index in [1.54, 1.807) is 7.11 Å². The second kappa shape index (κ2) is 6.52. The topological polar surface area (TPSA) is 39.4 Å². The molecule has 0 fully saturated rings. The fourth-order valence-electron chi connectivity index (χ4n) is 1.84. The molecule has 0 aliphatic heterocycles. The van der Waals surface area contributed by atoms with Gasteiger partial charge in [-0.1, -0.05) is 24.3 Å². The number of ether oxygens (including phenoxy) is 1. The summed E-state index contributed by atoms with van der Waals surface area (Å²) in [7, 11) is 3.61. The first-order valence-corrected chi connectivity index (χ1v) is 6.22. The number of hydrogen-bond donors (Lipinski definition) is 0. The molecule has 0 unspecified atom stereocenters. The quantitative estimate of drug-likeness (QED) is 0.665. The fourth-order valence-corrected chi connectivity index (χ4v) is 1.84. The molecule has 0 aliphatic carbocycles. The van der Waals surface area contributed by atoms with E-state index in [-0.39, 0.29) is 0 Å². The molecule has 1 heterocycles. The summed E-state index contributed by atoms with van der Waals surface area (Å²) in [5, 5.41) is 0. The number of rotatable bonds is 2. The third kappa shape index (κ3) is 3.03. The van der Waals surface area contributed by atoms with E-state index in [4.69, 9.17) is 4.74 Å². The summed E-state index contributed by atoms with van der Waals surface area (Å²) in [6, 6.07) is 15.6. The van der Waals surface area contributed by atoms with Crippen molar-refractivity contribution in [1.82, 2.24) is 9.55 Å². The minimum atomic E-state index is 0.762. The molecule has 4 nitrogen and oxygen atoms in total. The molecule has 3 rings (SSSR count). The van der Waals surface area contributed by atoms with Crippen LogP contribution in [0.4, 0.5) is 5.69 Å². The smallest absolute Gasteiger partial charge is 0.144 e. The van der Waals surface area contributed by atoms with Gasteiger partial charge in [0, 0.05) is 7.05 Å². The average Bonchev–Trinajstić information content (AvgIpc) is 2.90. The van der Waals surface area contributed by atoms with E-state index in [9.17, 15) is 0 Å². The molecular formula is C16H17N3O. The zero-order valence-electron chi connectivity index (χ0n) is 11.7. The largest absolute Gasteiger partial charge is 0.494 e. The molecule has 20 heavy (non-hydrogen) atoms. The molecule has 0 atom stereocenters. The third-order valence-corrected chi connectivity index (χ3v) is 2.89. The summed E-state index contributed by atoms with van der Waals surface area (Å²) in [5.41, 5.74) is 3.03. The summed E-state index contributed by atoms with van der Waals surface area (Å²) in [6.07, 6.45) is 1.82. The molecule has 0 bridgehead atoms. The maximum Gasteiger partial charge on any atom is 0.144 e. The Balaban J connectivity index is 0.000000147. The number of fused-ring (bicyclic) bond motifs is 1. The second-order valence-corrected chi connectivity index (χ2v) is 4.17. The van der Waals surface area contributed by atoms with E-state index >= 15 is 0 Å². The van der Waals surface area contributed by atoms with E-state index in [1.165, 1.54) is 5.52 Å². The van der Waals surface area contributed by atoms with Gasteiger partial charge in [-0.3, -0.25) is 4.99 Å². The van der Waals surface area contributed by atoms with Crippen LogP contribution in [-0.2, 0) is 7.05 Å². The van der Waals surface area contributed by atoms with Gasteiger partial charge in [-0.25, -0.2) is 4.98 Å². The van der Waals surface area contributed by atoms with Crippen LogP contribution in [0.15, 0.2) is 59.9 Å². The molecule has 3 aromatic rings. The normalized spacial score (nSPS) is 9.70. The van der Waals surface area contributed by atoms with Crippen molar-refractivity contribution in [2.45, 2.75) is 0 Å². The average molecular weight is 267 g/mol. The molecule has 4 heteroatoms. The van der Waals surface area contributed by atoms with Crippen LogP contribution in [0.3, 0.4) is 0 Å². The Kier molecular flexibility index (Phi) is 4.50. The highest BCUT2D eigenvalue weighted by Crippen LogP contribution is 2.24. The van der Waals surface area contributed by atoms with Crippen LogP contribution in [0.25, 0.3) is 11.0 Å². The summed E-state index contributed by atoms with van der Waals surface area (Å²) in [6.45, 7) is 3.41. The Morgan fingerprint density at radius 1 is 1.10 bits per heavy atom. The fraction of sp³-hybridized carbons (Fsp3) is 0.125. The first kappa shape index (κ1) is 13.8. The van der Waals surface area contributed by atoms with E-state index < -0.39 is 0 Å². The van der Waals surface area contributed by atoms with Gasteiger partial charge in [-0.15, -0.1) is 0 Å². The Labute approximate surface area is 118 Å². The van der Waals surface area contributed by atoms with Gasteiger partial charge < -0.3 is 9.30 Å². The molecule has 0 aliphatic rings. The van der Waals surface area contributed by atoms with Gasteiger partial charge in [0.15, 0.2) is 0 Å². The zero-order chi connectivity index (χ0) is 14.4. The first-order valence-electron chi connectivity index (χ1n) is 6.22. The molecule has 0 amide bonds. The van der Waals surface area contributed by atoms with Gasteiger partial charge in [0.25, 0.3) is 0 Å². The minimum absolute atomic E-state index is 0.762. The lowest BCUT2D eigenvalue weighted by Crippen LogP contribution is -1.81. The molecule has 0 saturated carbocycles. The molecule has 0 N–H and O–H groups in total. The molecule has 0 radical (unpaired) electrons. The molecule has 0 spiro atoms.